The normalized spacial score (nSPS) is 8.75. The van der Waals surface area contributed by atoms with E-state index in [0.29, 0.717) is 0 Å². The van der Waals surface area contributed by atoms with E-state index in [1.807, 2.05) is 60.7 Å². The van der Waals surface area contributed by atoms with Crippen molar-refractivity contribution in [1.82, 2.24) is 0 Å². The van der Waals surface area contributed by atoms with Crippen LogP contribution in [0.5, 0.6) is 11.5 Å². The maximum absolute atomic E-state index is 5.39. The molecular weight excluding hydrogens is 222 g/mol. The summed E-state index contributed by atoms with van der Waals surface area (Å²) in [7, 11) is 0.230. The molecule has 0 N–H and O–H groups in total. The van der Waals surface area contributed by atoms with Gasteiger partial charge < -0.3 is 9.31 Å². The van der Waals surface area contributed by atoms with Crippen LogP contribution in [0.25, 0.3) is 0 Å². The minimum atomic E-state index is 0. The number of halogens is 1. The topological polar surface area (TPSA) is 18.5 Å². The molecule has 0 atom stereocenters. The second-order valence-electron chi connectivity index (χ2n) is 3.03. The Morgan fingerprint density at radius 2 is 1.00 bits per heavy atom. The summed E-state index contributed by atoms with van der Waals surface area (Å²) in [6.07, 6.45) is 0. The maximum atomic E-state index is 5.39. The quantitative estimate of drug-likeness (QED) is 0.758. The maximum Gasteiger partial charge on any atom is 0.576 e. The number of rotatable bonds is 4. The summed E-state index contributed by atoms with van der Waals surface area (Å²) in [5.41, 5.74) is 0. The second-order valence-corrected chi connectivity index (χ2v) is 3.03. The van der Waals surface area contributed by atoms with E-state index in [9.17, 15) is 0 Å². The van der Waals surface area contributed by atoms with E-state index in [0.717, 1.165) is 11.5 Å². The van der Waals surface area contributed by atoms with E-state index in [1.54, 1.807) is 0 Å². The lowest BCUT2D eigenvalue weighted by atomic mass is 10.3. The molecule has 0 aliphatic carbocycles. The molecule has 4 heteroatoms. The Morgan fingerprint density at radius 3 is 1.38 bits per heavy atom. The molecule has 0 aromatic heterocycles. The van der Waals surface area contributed by atoms with E-state index in [1.165, 1.54) is 0 Å². The predicted molar refractivity (Wildman–Crippen MR) is 68.5 cm³/mol. The van der Waals surface area contributed by atoms with Gasteiger partial charge in [0.25, 0.3) is 0 Å². The zero-order chi connectivity index (χ0) is 10.3. The molecule has 0 bridgehead atoms. The zero-order valence-corrected chi connectivity index (χ0v) is 9.52. The molecule has 2 nitrogen and oxygen atoms in total. The lowest BCUT2D eigenvalue weighted by molar-refractivity contribution is 0.459. The Kier molecular flexibility index (Phi) is 5.30. The minimum absolute atomic E-state index is 0. The lowest BCUT2D eigenvalue weighted by Gasteiger charge is -2.06. The van der Waals surface area contributed by atoms with Crippen LogP contribution < -0.4 is 9.31 Å². The van der Waals surface area contributed by atoms with Gasteiger partial charge in [-0.05, 0) is 24.3 Å². The summed E-state index contributed by atoms with van der Waals surface area (Å²) < 4.78 is 10.8. The SMILES string of the molecule is B(Oc1ccccc1)Oc1ccccc1.Cl. The third-order valence-corrected chi connectivity index (χ3v) is 1.94. The van der Waals surface area contributed by atoms with E-state index < -0.39 is 0 Å². The first kappa shape index (κ1) is 12.5. The number of hydrogen-bond donors (Lipinski definition) is 0. The summed E-state index contributed by atoms with van der Waals surface area (Å²) >= 11 is 0. The van der Waals surface area contributed by atoms with Gasteiger partial charge >= 0.3 is 7.69 Å². The lowest BCUT2D eigenvalue weighted by Crippen LogP contribution is -2.10. The van der Waals surface area contributed by atoms with Crippen LogP contribution in [0, 0.1) is 0 Å². The van der Waals surface area contributed by atoms with Gasteiger partial charge in [-0.3, -0.25) is 0 Å². The Bertz CT molecular complexity index is 355. The highest BCUT2D eigenvalue weighted by molar-refractivity contribution is 6.20. The number of para-hydroxylation sites is 2. The van der Waals surface area contributed by atoms with Crippen molar-refractivity contribution < 1.29 is 9.31 Å². The molecule has 0 radical (unpaired) electrons. The molecule has 2 aromatic rings. The molecule has 0 unspecified atom stereocenters. The Hall–Kier alpha value is -1.61. The summed E-state index contributed by atoms with van der Waals surface area (Å²) in [4.78, 5) is 0. The summed E-state index contributed by atoms with van der Waals surface area (Å²) in [6, 6.07) is 19.2. The van der Waals surface area contributed by atoms with Crippen LogP contribution in [0.15, 0.2) is 60.7 Å². The van der Waals surface area contributed by atoms with Crippen molar-refractivity contribution in [3.8, 4) is 11.5 Å². The molecule has 16 heavy (non-hydrogen) atoms. The first-order valence-electron chi connectivity index (χ1n) is 4.81. The predicted octanol–water partition coefficient (Wildman–Crippen LogP) is 2.83. The van der Waals surface area contributed by atoms with Crippen molar-refractivity contribution in [2.45, 2.75) is 0 Å². The monoisotopic (exact) mass is 234 g/mol. The molecule has 0 saturated carbocycles. The van der Waals surface area contributed by atoms with Crippen LogP contribution in [0.4, 0.5) is 0 Å². The molecular formula is C12H12BClO2. The third-order valence-electron chi connectivity index (χ3n) is 1.94. The summed E-state index contributed by atoms with van der Waals surface area (Å²) in [5, 5.41) is 0. The van der Waals surface area contributed by atoms with E-state index in [2.05, 4.69) is 0 Å². The highest BCUT2D eigenvalue weighted by atomic mass is 35.5. The fraction of sp³-hybridized carbons (Fsp3) is 0. The minimum Gasteiger partial charge on any atom is -0.529 e. The van der Waals surface area contributed by atoms with Crippen LogP contribution in [-0.4, -0.2) is 7.69 Å². The van der Waals surface area contributed by atoms with Gasteiger partial charge in [-0.1, -0.05) is 36.4 Å². The molecule has 0 aliphatic heterocycles. The first-order chi connectivity index (χ1) is 7.45. The Balaban J connectivity index is 0.00000128. The third kappa shape index (κ3) is 3.87. The molecule has 0 heterocycles. The van der Waals surface area contributed by atoms with Gasteiger partial charge in [0.05, 0.1) is 0 Å². The number of benzene rings is 2. The average Bonchev–Trinajstić information content (AvgIpc) is 2.32. The second kappa shape index (κ2) is 6.80. The molecule has 0 aliphatic rings. The fourth-order valence-electron chi connectivity index (χ4n) is 1.20. The zero-order valence-electron chi connectivity index (χ0n) is 8.71. The highest BCUT2D eigenvalue weighted by Gasteiger charge is 1.97. The van der Waals surface area contributed by atoms with Crippen LogP contribution in [0.1, 0.15) is 0 Å². The number of hydrogen-bond acceptors (Lipinski definition) is 2. The van der Waals surface area contributed by atoms with Crippen molar-refractivity contribution in [2.24, 2.45) is 0 Å². The average molecular weight is 234 g/mol. The van der Waals surface area contributed by atoms with Crippen molar-refractivity contribution >= 4 is 20.1 Å². The van der Waals surface area contributed by atoms with E-state index >= 15 is 0 Å². The molecule has 2 aromatic carbocycles. The van der Waals surface area contributed by atoms with E-state index in [-0.39, 0.29) is 20.1 Å². The Labute approximate surface area is 102 Å². The molecule has 0 fully saturated rings. The summed E-state index contributed by atoms with van der Waals surface area (Å²) in [6.45, 7) is 0. The first-order valence-corrected chi connectivity index (χ1v) is 4.81. The van der Waals surface area contributed by atoms with Crippen LogP contribution in [-0.2, 0) is 0 Å². The fourth-order valence-corrected chi connectivity index (χ4v) is 1.20. The summed E-state index contributed by atoms with van der Waals surface area (Å²) in [5.74, 6) is 1.63. The smallest absolute Gasteiger partial charge is 0.529 e. The van der Waals surface area contributed by atoms with Gasteiger partial charge in [0.1, 0.15) is 11.5 Å². The van der Waals surface area contributed by atoms with Crippen molar-refractivity contribution in [3.63, 3.8) is 0 Å². The molecule has 0 amide bonds. The molecule has 2 rings (SSSR count). The van der Waals surface area contributed by atoms with Gasteiger partial charge in [0.2, 0.25) is 0 Å². The Morgan fingerprint density at radius 1 is 0.625 bits per heavy atom. The highest BCUT2D eigenvalue weighted by Crippen LogP contribution is 2.10. The van der Waals surface area contributed by atoms with Crippen molar-refractivity contribution in [2.75, 3.05) is 0 Å². The van der Waals surface area contributed by atoms with Crippen LogP contribution in [0.2, 0.25) is 0 Å². The van der Waals surface area contributed by atoms with E-state index in [4.69, 9.17) is 9.31 Å². The molecule has 82 valence electrons. The standard InChI is InChI=1S/C12H11BO2.ClH/c1-3-7-11(8-4-1)14-13-15-12-9-5-2-6-10-12;/h1-10,13H;1H. The van der Waals surface area contributed by atoms with Gasteiger partial charge in [-0.25, -0.2) is 0 Å². The van der Waals surface area contributed by atoms with Gasteiger partial charge in [0, 0.05) is 0 Å². The van der Waals surface area contributed by atoms with Crippen molar-refractivity contribution in [3.05, 3.63) is 60.7 Å². The van der Waals surface area contributed by atoms with Crippen LogP contribution in [0.3, 0.4) is 0 Å². The van der Waals surface area contributed by atoms with Gasteiger partial charge in [0.15, 0.2) is 0 Å². The van der Waals surface area contributed by atoms with Crippen LogP contribution >= 0.6 is 12.4 Å². The van der Waals surface area contributed by atoms with Gasteiger partial charge in [-0.2, -0.15) is 0 Å². The molecule has 0 spiro atoms. The van der Waals surface area contributed by atoms with Gasteiger partial charge in [-0.15, -0.1) is 12.4 Å². The van der Waals surface area contributed by atoms with Crippen molar-refractivity contribution in [1.29, 1.82) is 0 Å². The largest absolute Gasteiger partial charge is 0.576 e. The molecule has 0 saturated heterocycles.